The molecule has 4 saturated carbocycles. The van der Waals surface area contributed by atoms with Gasteiger partial charge in [-0.15, -0.1) is 0 Å². The van der Waals surface area contributed by atoms with Gasteiger partial charge in [0, 0.05) is 5.92 Å². The SMILES string of the molecule is CCC(=NO)C1C2CC3CC(C2)CC1C3. The fraction of sp³-hybridized carbons (Fsp3) is 0.923. The molecular formula is C13H21NO. The summed E-state index contributed by atoms with van der Waals surface area (Å²) in [6, 6.07) is 0. The normalized spacial score (nSPS) is 48.6. The number of nitrogens with zero attached hydrogens (tertiary/aromatic N) is 1. The van der Waals surface area contributed by atoms with Crippen molar-refractivity contribution in [3.05, 3.63) is 0 Å². The Balaban J connectivity index is 1.85. The second-order valence-electron chi connectivity index (χ2n) is 5.90. The number of hydrogen-bond donors (Lipinski definition) is 1. The lowest BCUT2D eigenvalue weighted by Gasteiger charge is -2.54. The molecule has 15 heavy (non-hydrogen) atoms. The molecule has 0 saturated heterocycles. The van der Waals surface area contributed by atoms with Crippen molar-refractivity contribution in [2.24, 2.45) is 34.7 Å². The standard InChI is InChI=1S/C13H21NO/c1-2-12(14-15)13-10-4-8-3-9(6-10)7-11(13)5-8/h8-11,13,15H,2-7H2,1H3. The third kappa shape index (κ3) is 1.41. The minimum Gasteiger partial charge on any atom is -0.411 e. The second kappa shape index (κ2) is 3.50. The lowest BCUT2D eigenvalue weighted by molar-refractivity contribution is -0.00988. The summed E-state index contributed by atoms with van der Waals surface area (Å²) in [5.41, 5.74) is 1.09. The van der Waals surface area contributed by atoms with Gasteiger partial charge >= 0.3 is 0 Å². The third-order valence-electron chi connectivity index (χ3n) is 5.10. The Morgan fingerprint density at radius 1 is 1.07 bits per heavy atom. The van der Waals surface area contributed by atoms with Crippen LogP contribution in [0.4, 0.5) is 0 Å². The van der Waals surface area contributed by atoms with Crippen LogP contribution in [0.15, 0.2) is 5.16 Å². The van der Waals surface area contributed by atoms with E-state index >= 15 is 0 Å². The van der Waals surface area contributed by atoms with Crippen molar-refractivity contribution >= 4 is 5.71 Å². The minimum absolute atomic E-state index is 0.632. The maximum Gasteiger partial charge on any atom is 0.0604 e. The molecule has 1 N–H and O–H groups in total. The molecule has 0 aromatic carbocycles. The van der Waals surface area contributed by atoms with E-state index in [-0.39, 0.29) is 0 Å². The summed E-state index contributed by atoms with van der Waals surface area (Å²) in [5.74, 6) is 4.37. The molecule has 0 aromatic heterocycles. The highest BCUT2D eigenvalue weighted by Crippen LogP contribution is 2.56. The summed E-state index contributed by atoms with van der Waals surface area (Å²) in [5, 5.41) is 12.7. The molecule has 2 nitrogen and oxygen atoms in total. The van der Waals surface area contributed by atoms with Crippen molar-refractivity contribution < 1.29 is 5.21 Å². The van der Waals surface area contributed by atoms with E-state index in [1.165, 1.54) is 32.1 Å². The summed E-state index contributed by atoms with van der Waals surface area (Å²) in [6.07, 6.45) is 8.09. The molecule has 2 heteroatoms. The van der Waals surface area contributed by atoms with Crippen molar-refractivity contribution in [1.29, 1.82) is 0 Å². The molecule has 0 unspecified atom stereocenters. The first-order valence-electron chi connectivity index (χ1n) is 6.52. The summed E-state index contributed by atoms with van der Waals surface area (Å²) in [7, 11) is 0. The lowest BCUT2D eigenvalue weighted by Crippen LogP contribution is -2.47. The van der Waals surface area contributed by atoms with Crippen LogP contribution in [0.1, 0.15) is 45.4 Å². The zero-order valence-electron chi connectivity index (χ0n) is 9.52. The quantitative estimate of drug-likeness (QED) is 0.420. The van der Waals surface area contributed by atoms with Crippen molar-refractivity contribution in [2.75, 3.05) is 0 Å². The average Bonchev–Trinajstić information content (AvgIpc) is 2.22. The Morgan fingerprint density at radius 3 is 2.00 bits per heavy atom. The maximum atomic E-state index is 9.10. The summed E-state index contributed by atoms with van der Waals surface area (Å²) in [4.78, 5) is 0. The van der Waals surface area contributed by atoms with E-state index in [9.17, 15) is 0 Å². The highest BCUT2D eigenvalue weighted by atomic mass is 16.4. The predicted molar refractivity (Wildman–Crippen MR) is 60.0 cm³/mol. The van der Waals surface area contributed by atoms with Crippen molar-refractivity contribution in [1.82, 2.24) is 0 Å². The summed E-state index contributed by atoms with van der Waals surface area (Å²) in [6.45, 7) is 2.13. The molecule has 4 aliphatic rings. The molecule has 4 fully saturated rings. The Hall–Kier alpha value is -0.530. The predicted octanol–water partition coefficient (Wildman–Crippen LogP) is 3.30. The van der Waals surface area contributed by atoms with Crippen molar-refractivity contribution in [2.45, 2.75) is 45.4 Å². The van der Waals surface area contributed by atoms with Crippen molar-refractivity contribution in [3.8, 4) is 0 Å². The lowest BCUT2D eigenvalue weighted by atomic mass is 9.51. The summed E-state index contributed by atoms with van der Waals surface area (Å²) >= 11 is 0. The molecule has 0 atom stereocenters. The van der Waals surface area contributed by atoms with E-state index in [1.54, 1.807) is 0 Å². The minimum atomic E-state index is 0.632. The van der Waals surface area contributed by atoms with Crippen LogP contribution in [0, 0.1) is 29.6 Å². The fourth-order valence-electron chi connectivity index (χ4n) is 4.84. The van der Waals surface area contributed by atoms with Crippen LogP contribution < -0.4 is 0 Å². The monoisotopic (exact) mass is 207 g/mol. The van der Waals surface area contributed by atoms with Gasteiger partial charge in [0.2, 0.25) is 0 Å². The van der Waals surface area contributed by atoms with E-state index in [2.05, 4.69) is 12.1 Å². The van der Waals surface area contributed by atoms with Crippen LogP contribution in [0.2, 0.25) is 0 Å². The molecule has 4 bridgehead atoms. The van der Waals surface area contributed by atoms with Crippen LogP contribution in [0.25, 0.3) is 0 Å². The van der Waals surface area contributed by atoms with E-state index in [0.717, 1.165) is 35.8 Å². The van der Waals surface area contributed by atoms with Crippen LogP contribution in [-0.2, 0) is 0 Å². The molecule has 0 radical (unpaired) electrons. The Labute approximate surface area is 91.7 Å². The smallest absolute Gasteiger partial charge is 0.0604 e. The fourth-order valence-corrected chi connectivity index (χ4v) is 4.84. The van der Waals surface area contributed by atoms with Gasteiger partial charge in [0.05, 0.1) is 5.71 Å². The van der Waals surface area contributed by atoms with Crippen LogP contribution >= 0.6 is 0 Å². The van der Waals surface area contributed by atoms with Gasteiger partial charge in [0.1, 0.15) is 0 Å². The van der Waals surface area contributed by atoms with E-state index in [1.807, 2.05) is 0 Å². The van der Waals surface area contributed by atoms with Gasteiger partial charge < -0.3 is 5.21 Å². The molecule has 4 rings (SSSR count). The van der Waals surface area contributed by atoms with Crippen LogP contribution in [-0.4, -0.2) is 10.9 Å². The summed E-state index contributed by atoms with van der Waals surface area (Å²) < 4.78 is 0. The average molecular weight is 207 g/mol. The van der Waals surface area contributed by atoms with Gasteiger partial charge in [-0.2, -0.15) is 0 Å². The third-order valence-corrected chi connectivity index (χ3v) is 5.10. The molecule has 0 aliphatic heterocycles. The van der Waals surface area contributed by atoms with E-state index in [4.69, 9.17) is 5.21 Å². The number of rotatable bonds is 2. The Kier molecular flexibility index (Phi) is 2.26. The molecule has 0 heterocycles. The number of oxime groups is 1. The van der Waals surface area contributed by atoms with E-state index in [0.29, 0.717) is 5.92 Å². The molecule has 0 amide bonds. The van der Waals surface area contributed by atoms with Gasteiger partial charge in [0.15, 0.2) is 0 Å². The van der Waals surface area contributed by atoms with Crippen molar-refractivity contribution in [3.63, 3.8) is 0 Å². The highest BCUT2D eigenvalue weighted by molar-refractivity contribution is 5.86. The molecule has 0 aromatic rings. The van der Waals surface area contributed by atoms with Gasteiger partial charge in [-0.3, -0.25) is 0 Å². The van der Waals surface area contributed by atoms with E-state index < -0.39 is 0 Å². The molecular weight excluding hydrogens is 186 g/mol. The largest absolute Gasteiger partial charge is 0.411 e. The van der Waals surface area contributed by atoms with Gasteiger partial charge in [-0.1, -0.05) is 12.1 Å². The van der Waals surface area contributed by atoms with Gasteiger partial charge in [-0.05, 0) is 62.2 Å². The van der Waals surface area contributed by atoms with Crippen LogP contribution in [0.3, 0.4) is 0 Å². The molecule has 84 valence electrons. The Morgan fingerprint density at radius 2 is 1.60 bits per heavy atom. The van der Waals surface area contributed by atoms with Crippen LogP contribution in [0.5, 0.6) is 0 Å². The first-order chi connectivity index (χ1) is 7.31. The number of hydrogen-bond acceptors (Lipinski definition) is 2. The zero-order valence-corrected chi connectivity index (χ0v) is 9.52. The van der Waals surface area contributed by atoms with Gasteiger partial charge in [0.25, 0.3) is 0 Å². The van der Waals surface area contributed by atoms with Gasteiger partial charge in [-0.25, -0.2) is 0 Å². The Bertz CT molecular complexity index is 256. The second-order valence-corrected chi connectivity index (χ2v) is 5.90. The highest BCUT2D eigenvalue weighted by Gasteiger charge is 2.49. The maximum absolute atomic E-state index is 9.10. The first-order valence-corrected chi connectivity index (χ1v) is 6.52. The topological polar surface area (TPSA) is 32.6 Å². The first kappa shape index (κ1) is 9.68. The molecule has 4 aliphatic carbocycles. The molecule has 0 spiro atoms. The zero-order chi connectivity index (χ0) is 10.4.